The van der Waals surface area contributed by atoms with E-state index in [2.05, 4.69) is 137 Å². The Morgan fingerprint density at radius 3 is 0.968 bits per heavy atom. The van der Waals surface area contributed by atoms with Gasteiger partial charge in [0.2, 0.25) is 0 Å². The van der Waals surface area contributed by atoms with Crippen LogP contribution in [0.25, 0.3) is 0 Å². The first-order valence-electron chi connectivity index (χ1n) is 9.98. The van der Waals surface area contributed by atoms with E-state index in [1.54, 1.807) is 0 Å². The van der Waals surface area contributed by atoms with E-state index in [-0.39, 0.29) is 61.8 Å². The van der Waals surface area contributed by atoms with Gasteiger partial charge >= 0.3 is 26.2 Å². The quantitative estimate of drug-likeness (QED) is 0.352. The van der Waals surface area contributed by atoms with Gasteiger partial charge in [0.05, 0.1) is 0 Å². The Morgan fingerprint density at radius 1 is 0.452 bits per heavy atom. The molecule has 4 aromatic rings. The summed E-state index contributed by atoms with van der Waals surface area (Å²) in [6, 6.07) is 38.4. The fraction of sp³-hybridized carbons (Fsp3) is 0.214. The Kier molecular flexibility index (Phi) is 12.6. The van der Waals surface area contributed by atoms with Crippen LogP contribution in [0.1, 0.15) is 49.9 Å². The van der Waals surface area contributed by atoms with Crippen LogP contribution in [0, 0.1) is 0 Å². The van der Waals surface area contributed by atoms with Crippen LogP contribution in [0.5, 0.6) is 0 Å². The van der Waals surface area contributed by atoms with E-state index in [0.29, 0.717) is 0 Å². The molecule has 0 bridgehead atoms. The topological polar surface area (TPSA) is 0 Å². The van der Waals surface area contributed by atoms with E-state index in [9.17, 15) is 0 Å². The van der Waals surface area contributed by atoms with Crippen molar-refractivity contribution in [3.05, 3.63) is 131 Å². The molecule has 0 aliphatic heterocycles. The maximum atomic E-state index is 2.26. The second-order valence-corrected chi connectivity index (χ2v) is 8.33. The molecular formula is C28H30Cl2Zr. The first-order chi connectivity index (χ1) is 13.4. The average Bonchev–Trinajstić information content (AvgIpc) is 3.44. The summed E-state index contributed by atoms with van der Waals surface area (Å²) in [4.78, 5) is 0. The van der Waals surface area contributed by atoms with E-state index in [0.717, 1.165) is 0 Å². The zero-order valence-electron chi connectivity index (χ0n) is 18.6. The molecule has 0 unspecified atom stereocenters. The van der Waals surface area contributed by atoms with Crippen molar-refractivity contribution in [2.75, 3.05) is 0 Å². The van der Waals surface area contributed by atoms with E-state index >= 15 is 0 Å². The van der Waals surface area contributed by atoms with Gasteiger partial charge < -0.3 is 24.8 Å². The van der Waals surface area contributed by atoms with Gasteiger partial charge in [-0.15, -0.1) is 11.1 Å². The van der Waals surface area contributed by atoms with Crippen molar-refractivity contribution in [2.45, 2.75) is 38.5 Å². The minimum absolute atomic E-state index is 0. The number of hydrogen-bond donors (Lipinski definition) is 0. The fourth-order valence-corrected chi connectivity index (χ4v) is 3.62. The van der Waals surface area contributed by atoms with E-state index < -0.39 is 0 Å². The summed E-state index contributed by atoms with van der Waals surface area (Å²) in [7, 11) is 0. The first-order valence-corrected chi connectivity index (χ1v) is 9.98. The molecule has 4 aromatic carbocycles. The molecular weight excluding hydrogens is 498 g/mol. The molecule has 0 atom stereocenters. The van der Waals surface area contributed by atoms with Crippen LogP contribution in [0.2, 0.25) is 0 Å². The molecule has 31 heavy (non-hydrogen) atoms. The Labute approximate surface area is 219 Å². The Balaban J connectivity index is 0.000000529. The van der Waals surface area contributed by atoms with E-state index in [4.69, 9.17) is 0 Å². The van der Waals surface area contributed by atoms with Gasteiger partial charge in [0.25, 0.3) is 0 Å². The van der Waals surface area contributed by atoms with Gasteiger partial charge in [-0.2, -0.15) is 24.3 Å². The van der Waals surface area contributed by atoms with Crippen LogP contribution in [0.15, 0.2) is 109 Å². The van der Waals surface area contributed by atoms with Crippen LogP contribution < -0.4 is 24.8 Å². The molecule has 0 saturated heterocycles. The SMILES string of the molecule is CC(C)(c1ccccc1)[c-]1cccc1.CC(C)(c1ccccc1)[c-]1cccc1.[Cl-].[Cl-].[Zr+4]. The van der Waals surface area contributed by atoms with Crippen LogP contribution >= 0.6 is 0 Å². The minimum atomic E-state index is 0. The third-order valence-corrected chi connectivity index (χ3v) is 5.76. The van der Waals surface area contributed by atoms with Crippen LogP contribution in [0.4, 0.5) is 0 Å². The molecule has 3 heteroatoms. The second-order valence-electron chi connectivity index (χ2n) is 8.33. The smallest absolute Gasteiger partial charge is 1.00 e. The molecule has 0 aromatic heterocycles. The number of hydrogen-bond acceptors (Lipinski definition) is 0. The van der Waals surface area contributed by atoms with Gasteiger partial charge in [0.15, 0.2) is 0 Å². The molecule has 0 nitrogen and oxygen atoms in total. The van der Waals surface area contributed by atoms with Gasteiger partial charge in [0, 0.05) is 0 Å². The molecule has 160 valence electrons. The average molecular weight is 529 g/mol. The maximum Gasteiger partial charge on any atom is 4.00 e. The molecule has 0 spiro atoms. The van der Waals surface area contributed by atoms with Crippen molar-refractivity contribution in [1.29, 1.82) is 0 Å². The summed E-state index contributed by atoms with van der Waals surface area (Å²) < 4.78 is 0. The van der Waals surface area contributed by atoms with Crippen molar-refractivity contribution in [3.8, 4) is 0 Å². The molecule has 0 fully saturated rings. The summed E-state index contributed by atoms with van der Waals surface area (Å²) in [6.07, 6.45) is 0. The van der Waals surface area contributed by atoms with Crippen molar-refractivity contribution >= 4 is 0 Å². The van der Waals surface area contributed by atoms with Crippen molar-refractivity contribution < 1.29 is 51.0 Å². The molecule has 0 saturated carbocycles. The van der Waals surface area contributed by atoms with E-state index in [1.807, 2.05) is 0 Å². The van der Waals surface area contributed by atoms with Crippen LogP contribution in [-0.2, 0) is 37.0 Å². The molecule has 0 aliphatic carbocycles. The van der Waals surface area contributed by atoms with Crippen LogP contribution in [-0.4, -0.2) is 0 Å². The maximum absolute atomic E-state index is 2.26. The summed E-state index contributed by atoms with van der Waals surface area (Å²) in [5.74, 6) is 0. The third kappa shape index (κ3) is 7.32. The first kappa shape index (κ1) is 29.6. The van der Waals surface area contributed by atoms with E-state index in [1.165, 1.54) is 22.3 Å². The zero-order chi connectivity index (χ0) is 20.0. The van der Waals surface area contributed by atoms with Crippen molar-refractivity contribution in [1.82, 2.24) is 0 Å². The predicted octanol–water partition coefficient (Wildman–Crippen LogP) is 1.47. The normalized spacial score (nSPS) is 10.5. The molecule has 0 amide bonds. The van der Waals surface area contributed by atoms with Gasteiger partial charge in [-0.25, -0.2) is 24.3 Å². The van der Waals surface area contributed by atoms with Gasteiger partial charge in [-0.1, -0.05) is 88.4 Å². The minimum Gasteiger partial charge on any atom is -1.00 e. The largest absolute Gasteiger partial charge is 4.00 e. The number of halogens is 2. The Bertz CT molecular complexity index is 857. The molecule has 0 N–H and O–H groups in total. The molecule has 0 radical (unpaired) electrons. The monoisotopic (exact) mass is 526 g/mol. The number of rotatable bonds is 4. The number of benzene rings is 2. The van der Waals surface area contributed by atoms with Gasteiger partial charge in [-0.3, -0.25) is 0 Å². The van der Waals surface area contributed by atoms with Crippen molar-refractivity contribution in [2.24, 2.45) is 0 Å². The summed E-state index contributed by atoms with van der Waals surface area (Å²) in [5, 5.41) is 0. The molecule has 0 aliphatic rings. The zero-order valence-corrected chi connectivity index (χ0v) is 22.6. The summed E-state index contributed by atoms with van der Waals surface area (Å²) in [6.45, 7) is 9.05. The standard InChI is InChI=1S/2C14H15.2ClH.Zr/c2*1-14(2,13-10-6-7-11-13)12-8-4-3-5-9-12;;;/h2*3-11H,1-2H3;2*1H;/q2*-1;;;+4/p-2. The Hall–Kier alpha value is -1.40. The summed E-state index contributed by atoms with van der Waals surface area (Å²) in [5.41, 5.74) is 5.72. The predicted molar refractivity (Wildman–Crippen MR) is 121 cm³/mol. The third-order valence-electron chi connectivity index (χ3n) is 5.76. The summed E-state index contributed by atoms with van der Waals surface area (Å²) >= 11 is 0. The second kappa shape index (κ2) is 13.2. The fourth-order valence-electron chi connectivity index (χ4n) is 3.62. The Morgan fingerprint density at radius 2 is 0.710 bits per heavy atom. The van der Waals surface area contributed by atoms with Gasteiger partial charge in [0.1, 0.15) is 0 Å². The molecule has 0 heterocycles. The molecule has 4 rings (SSSR count). The van der Waals surface area contributed by atoms with Crippen LogP contribution in [0.3, 0.4) is 0 Å². The van der Waals surface area contributed by atoms with Crippen molar-refractivity contribution in [3.63, 3.8) is 0 Å². The van der Waals surface area contributed by atoms with Gasteiger partial charge in [-0.05, 0) is 22.0 Å².